The van der Waals surface area contributed by atoms with Crippen LogP contribution in [-0.4, -0.2) is 34.5 Å². The second kappa shape index (κ2) is 5.64. The van der Waals surface area contributed by atoms with Gasteiger partial charge < -0.3 is 10.3 Å². The van der Waals surface area contributed by atoms with Crippen LogP contribution in [0, 0.1) is 6.92 Å². The zero-order valence-corrected chi connectivity index (χ0v) is 13.9. The predicted molar refractivity (Wildman–Crippen MR) is 86.9 cm³/mol. The number of hydrogen-bond donors (Lipinski definition) is 1. The summed E-state index contributed by atoms with van der Waals surface area (Å²) >= 11 is 1.36. The first-order valence-corrected chi connectivity index (χ1v) is 8.11. The Morgan fingerprint density at radius 2 is 2.21 bits per heavy atom. The molecule has 0 bridgehead atoms. The van der Waals surface area contributed by atoms with E-state index in [0.717, 1.165) is 28.5 Å². The molecule has 0 aromatic carbocycles. The van der Waals surface area contributed by atoms with Gasteiger partial charge in [-0.2, -0.15) is 14.6 Å². The monoisotopic (exact) mass is 342 g/mol. The van der Waals surface area contributed by atoms with E-state index < -0.39 is 0 Å². The smallest absolute Gasteiger partial charge is 0.253 e. The third-order valence-electron chi connectivity index (χ3n) is 3.59. The Balaban J connectivity index is 1.76. The molecule has 4 aromatic heterocycles. The zero-order valence-electron chi connectivity index (χ0n) is 13.0. The SMILES string of the molecule is CCc1cc(Sc2nnc(-c3ccoc3C)n2N)n2ncnc2n1. The van der Waals surface area contributed by atoms with Crippen molar-refractivity contribution in [2.24, 2.45) is 0 Å². The molecule has 4 aromatic rings. The van der Waals surface area contributed by atoms with E-state index in [-0.39, 0.29) is 0 Å². The molecule has 0 aliphatic heterocycles. The molecular formula is C14H14N8OS. The van der Waals surface area contributed by atoms with Crippen LogP contribution in [0.1, 0.15) is 18.4 Å². The second-order valence-corrected chi connectivity index (χ2v) is 6.07. The molecule has 122 valence electrons. The van der Waals surface area contributed by atoms with Crippen LogP contribution in [0.4, 0.5) is 0 Å². The highest BCUT2D eigenvalue weighted by molar-refractivity contribution is 7.99. The van der Waals surface area contributed by atoms with Crippen LogP contribution >= 0.6 is 11.8 Å². The summed E-state index contributed by atoms with van der Waals surface area (Å²) < 4.78 is 8.40. The number of hydrogen-bond acceptors (Lipinski definition) is 8. The third-order valence-corrected chi connectivity index (χ3v) is 4.56. The number of aromatic nitrogens is 7. The second-order valence-electron chi connectivity index (χ2n) is 5.08. The van der Waals surface area contributed by atoms with E-state index in [1.165, 1.54) is 22.8 Å². The molecule has 4 heterocycles. The quantitative estimate of drug-likeness (QED) is 0.440. The van der Waals surface area contributed by atoms with E-state index in [4.69, 9.17) is 10.3 Å². The fraction of sp³-hybridized carbons (Fsp3) is 0.214. The van der Waals surface area contributed by atoms with Crippen LogP contribution in [0.25, 0.3) is 17.2 Å². The molecule has 0 amide bonds. The summed E-state index contributed by atoms with van der Waals surface area (Å²) in [5.74, 6) is 8.00. The van der Waals surface area contributed by atoms with Crippen molar-refractivity contribution in [3.63, 3.8) is 0 Å². The van der Waals surface area contributed by atoms with Crippen molar-refractivity contribution in [2.75, 3.05) is 5.84 Å². The van der Waals surface area contributed by atoms with Crippen molar-refractivity contribution in [3.05, 3.63) is 36.2 Å². The maximum atomic E-state index is 6.17. The Hall–Kier alpha value is -2.88. The first kappa shape index (κ1) is 14.7. The molecule has 4 rings (SSSR count). The largest absolute Gasteiger partial charge is 0.469 e. The average molecular weight is 342 g/mol. The minimum absolute atomic E-state index is 0.538. The van der Waals surface area contributed by atoms with Gasteiger partial charge in [-0.25, -0.2) is 9.66 Å². The van der Waals surface area contributed by atoms with Crippen molar-refractivity contribution in [3.8, 4) is 11.4 Å². The zero-order chi connectivity index (χ0) is 16.7. The molecular weight excluding hydrogens is 328 g/mol. The van der Waals surface area contributed by atoms with Gasteiger partial charge in [0.25, 0.3) is 5.78 Å². The number of fused-ring (bicyclic) bond motifs is 1. The highest BCUT2D eigenvalue weighted by atomic mass is 32.2. The molecule has 0 fully saturated rings. The van der Waals surface area contributed by atoms with Gasteiger partial charge in [0.05, 0.1) is 11.8 Å². The Morgan fingerprint density at radius 3 is 2.96 bits per heavy atom. The molecule has 0 atom stereocenters. The lowest BCUT2D eigenvalue weighted by molar-refractivity contribution is 0.535. The van der Waals surface area contributed by atoms with Gasteiger partial charge in [-0.1, -0.05) is 6.92 Å². The number of nitrogens with zero attached hydrogens (tertiary/aromatic N) is 7. The molecule has 0 aliphatic rings. The number of furan rings is 1. The molecule has 2 N–H and O–H groups in total. The first-order valence-electron chi connectivity index (χ1n) is 7.30. The first-order chi connectivity index (χ1) is 11.7. The summed E-state index contributed by atoms with van der Waals surface area (Å²) in [5, 5.41) is 13.9. The maximum Gasteiger partial charge on any atom is 0.253 e. The summed E-state index contributed by atoms with van der Waals surface area (Å²) in [7, 11) is 0. The molecule has 0 saturated heterocycles. The van der Waals surface area contributed by atoms with Gasteiger partial charge in [0.1, 0.15) is 17.1 Å². The minimum atomic E-state index is 0.538. The lowest BCUT2D eigenvalue weighted by Crippen LogP contribution is -2.12. The summed E-state index contributed by atoms with van der Waals surface area (Å²) in [6.07, 6.45) is 3.87. The van der Waals surface area contributed by atoms with Crippen LogP contribution in [0.15, 0.2) is 39.3 Å². The van der Waals surface area contributed by atoms with Crippen LogP contribution in [0.3, 0.4) is 0 Å². The lowest BCUT2D eigenvalue weighted by Gasteiger charge is -2.06. The van der Waals surface area contributed by atoms with E-state index >= 15 is 0 Å². The van der Waals surface area contributed by atoms with E-state index in [9.17, 15) is 0 Å². The fourth-order valence-corrected chi connectivity index (χ4v) is 3.19. The van der Waals surface area contributed by atoms with Crippen LogP contribution < -0.4 is 5.84 Å². The number of rotatable bonds is 4. The highest BCUT2D eigenvalue weighted by Crippen LogP contribution is 2.29. The number of nitrogen functional groups attached to an aromatic ring is 1. The van der Waals surface area contributed by atoms with Gasteiger partial charge in [0, 0.05) is 5.69 Å². The predicted octanol–water partition coefficient (Wildman–Crippen LogP) is 1.71. The van der Waals surface area contributed by atoms with Crippen molar-refractivity contribution in [1.82, 2.24) is 34.5 Å². The number of nitrogens with two attached hydrogens (primary N) is 1. The molecule has 0 unspecified atom stereocenters. The summed E-state index contributed by atoms with van der Waals surface area (Å²) in [5.41, 5.74) is 1.73. The van der Waals surface area contributed by atoms with Crippen molar-refractivity contribution in [2.45, 2.75) is 30.5 Å². The van der Waals surface area contributed by atoms with Gasteiger partial charge in [0.2, 0.25) is 5.16 Å². The molecule has 0 aliphatic carbocycles. The van der Waals surface area contributed by atoms with Crippen LogP contribution in [0.2, 0.25) is 0 Å². The minimum Gasteiger partial charge on any atom is -0.469 e. The van der Waals surface area contributed by atoms with Crippen molar-refractivity contribution >= 4 is 17.5 Å². The van der Waals surface area contributed by atoms with Gasteiger partial charge in [0.15, 0.2) is 5.82 Å². The lowest BCUT2D eigenvalue weighted by atomic mass is 10.2. The van der Waals surface area contributed by atoms with Gasteiger partial charge >= 0.3 is 0 Å². The van der Waals surface area contributed by atoms with Crippen LogP contribution in [-0.2, 0) is 6.42 Å². The van der Waals surface area contributed by atoms with E-state index in [1.807, 2.05) is 26.0 Å². The van der Waals surface area contributed by atoms with Gasteiger partial charge in [-0.3, -0.25) is 0 Å². The van der Waals surface area contributed by atoms with Crippen LogP contribution in [0.5, 0.6) is 0 Å². The molecule has 0 spiro atoms. The molecule has 0 radical (unpaired) electrons. The maximum absolute atomic E-state index is 6.17. The number of aryl methyl sites for hydroxylation is 2. The normalized spacial score (nSPS) is 11.4. The Bertz CT molecular complexity index is 1020. The Kier molecular flexibility index (Phi) is 3.45. The standard InChI is InChI=1S/C14H14N8OS/c1-3-9-6-11(22-13(18-9)16-7-17-22)24-14-20-19-12(21(14)15)10-4-5-23-8(10)2/h4-7H,3,15H2,1-2H3. The summed E-state index contributed by atoms with van der Waals surface area (Å²) in [6.45, 7) is 3.89. The summed E-state index contributed by atoms with van der Waals surface area (Å²) in [6, 6.07) is 3.76. The molecule has 24 heavy (non-hydrogen) atoms. The molecule has 10 heteroatoms. The average Bonchev–Trinajstić information content (AvgIpc) is 3.29. The van der Waals surface area contributed by atoms with Crippen molar-refractivity contribution < 1.29 is 4.42 Å². The summed E-state index contributed by atoms with van der Waals surface area (Å²) in [4.78, 5) is 8.58. The molecule has 9 nitrogen and oxygen atoms in total. The van der Waals surface area contributed by atoms with E-state index in [1.54, 1.807) is 10.8 Å². The fourth-order valence-electron chi connectivity index (χ4n) is 2.33. The van der Waals surface area contributed by atoms with Gasteiger partial charge in [-0.15, -0.1) is 10.2 Å². The van der Waals surface area contributed by atoms with Crippen molar-refractivity contribution in [1.29, 1.82) is 0 Å². The molecule has 0 saturated carbocycles. The third kappa shape index (κ3) is 2.31. The van der Waals surface area contributed by atoms with E-state index in [0.29, 0.717) is 16.8 Å². The van der Waals surface area contributed by atoms with Gasteiger partial charge in [-0.05, 0) is 37.2 Å². The topological polar surface area (TPSA) is 113 Å². The highest BCUT2D eigenvalue weighted by Gasteiger charge is 2.18. The Morgan fingerprint density at radius 1 is 1.33 bits per heavy atom. The van der Waals surface area contributed by atoms with E-state index in [2.05, 4.69) is 25.3 Å². The Labute approximate surface area is 140 Å².